The van der Waals surface area contributed by atoms with Crippen LogP contribution in [-0.2, 0) is 0 Å². The predicted octanol–water partition coefficient (Wildman–Crippen LogP) is 4.75. The van der Waals surface area contributed by atoms with Gasteiger partial charge in [-0.3, -0.25) is 4.79 Å². The molecule has 0 aliphatic rings. The van der Waals surface area contributed by atoms with Gasteiger partial charge in [0.1, 0.15) is 0 Å². The summed E-state index contributed by atoms with van der Waals surface area (Å²) in [5.41, 5.74) is 1.29. The highest BCUT2D eigenvalue weighted by Crippen LogP contribution is 2.30. The van der Waals surface area contributed by atoms with Crippen molar-refractivity contribution >= 4 is 56.1 Å². The smallest absolute Gasteiger partial charge is 0.255 e. The number of carbonyl (C=O) groups excluding carboxylic acids is 1. The summed E-state index contributed by atoms with van der Waals surface area (Å²) in [4.78, 5) is 12.8. The molecule has 0 aliphatic heterocycles. The van der Waals surface area contributed by atoms with Crippen LogP contribution in [0.15, 0.2) is 56.3 Å². The summed E-state index contributed by atoms with van der Waals surface area (Å²) in [7, 11) is 0. The number of carbonyl (C=O) groups is 1. The Labute approximate surface area is 127 Å². The predicted molar refractivity (Wildman–Crippen MR) is 83.5 cm³/mol. The van der Waals surface area contributed by atoms with Gasteiger partial charge in [-0.05, 0) is 62.2 Å². The molecule has 0 aromatic heterocycles. The molecular formula is C13H9Br2NOS. The third kappa shape index (κ3) is 3.16. The Hall–Kier alpha value is -0.780. The Balaban J connectivity index is 2.27. The van der Waals surface area contributed by atoms with E-state index in [4.69, 9.17) is 0 Å². The zero-order valence-electron chi connectivity index (χ0n) is 9.15. The van der Waals surface area contributed by atoms with E-state index >= 15 is 0 Å². The second-order valence-electron chi connectivity index (χ2n) is 3.60. The van der Waals surface area contributed by atoms with E-state index in [1.165, 1.54) is 0 Å². The van der Waals surface area contributed by atoms with Crippen LogP contribution in [0.5, 0.6) is 0 Å². The largest absolute Gasteiger partial charge is 0.320 e. The minimum atomic E-state index is -0.168. The summed E-state index contributed by atoms with van der Waals surface area (Å²) in [6.07, 6.45) is 0. The first-order valence-electron chi connectivity index (χ1n) is 5.12. The molecule has 0 saturated carbocycles. The molecule has 0 atom stereocenters. The molecule has 18 heavy (non-hydrogen) atoms. The zero-order valence-corrected chi connectivity index (χ0v) is 13.2. The van der Waals surface area contributed by atoms with E-state index in [1.54, 1.807) is 18.2 Å². The molecule has 0 heterocycles. The molecule has 5 heteroatoms. The van der Waals surface area contributed by atoms with Crippen molar-refractivity contribution in [3.63, 3.8) is 0 Å². The first-order chi connectivity index (χ1) is 8.58. The summed E-state index contributed by atoms with van der Waals surface area (Å²) in [5, 5.41) is 2.86. The van der Waals surface area contributed by atoms with Gasteiger partial charge in [0.2, 0.25) is 0 Å². The van der Waals surface area contributed by atoms with Gasteiger partial charge in [0.15, 0.2) is 0 Å². The Bertz CT molecular complexity index is 581. The van der Waals surface area contributed by atoms with Crippen molar-refractivity contribution in [2.75, 3.05) is 5.32 Å². The monoisotopic (exact) mass is 385 g/mol. The van der Waals surface area contributed by atoms with E-state index in [0.717, 1.165) is 13.8 Å². The van der Waals surface area contributed by atoms with Crippen molar-refractivity contribution in [1.29, 1.82) is 0 Å². The molecule has 2 nitrogen and oxygen atoms in total. The number of thiol groups is 1. The van der Waals surface area contributed by atoms with E-state index in [0.29, 0.717) is 11.3 Å². The fourth-order valence-electron chi connectivity index (χ4n) is 1.45. The third-order valence-electron chi connectivity index (χ3n) is 2.31. The number of nitrogens with one attached hydrogen (secondary N) is 1. The summed E-state index contributed by atoms with van der Waals surface area (Å²) in [6.45, 7) is 0. The first kappa shape index (κ1) is 13.6. The minimum absolute atomic E-state index is 0.168. The van der Waals surface area contributed by atoms with Crippen molar-refractivity contribution in [2.24, 2.45) is 0 Å². The maximum absolute atomic E-state index is 12.1. The van der Waals surface area contributed by atoms with E-state index in [1.807, 2.05) is 24.3 Å². The minimum Gasteiger partial charge on any atom is -0.320 e. The van der Waals surface area contributed by atoms with Crippen LogP contribution in [0.25, 0.3) is 0 Å². The van der Waals surface area contributed by atoms with Crippen LogP contribution in [0.1, 0.15) is 10.4 Å². The summed E-state index contributed by atoms with van der Waals surface area (Å²) in [6, 6.07) is 12.7. The van der Waals surface area contributed by atoms with Gasteiger partial charge in [0.05, 0.1) is 5.69 Å². The van der Waals surface area contributed by atoms with E-state index in [-0.39, 0.29) is 5.91 Å². The standard InChI is InChI=1S/C13H9Br2NOS/c14-10-5-2-6-11(15)12(10)16-13(17)8-3-1-4-9(18)7-8/h1-7,18H,(H,16,17). The molecule has 0 spiro atoms. The number of anilines is 1. The average Bonchev–Trinajstić information content (AvgIpc) is 2.34. The molecular weight excluding hydrogens is 378 g/mol. The number of halogens is 2. The molecule has 92 valence electrons. The number of amides is 1. The highest BCUT2D eigenvalue weighted by atomic mass is 79.9. The lowest BCUT2D eigenvalue weighted by atomic mass is 10.2. The lowest BCUT2D eigenvalue weighted by Crippen LogP contribution is -2.12. The molecule has 0 saturated heterocycles. The quantitative estimate of drug-likeness (QED) is 0.716. The van der Waals surface area contributed by atoms with Crippen molar-refractivity contribution in [3.8, 4) is 0 Å². The molecule has 1 N–H and O–H groups in total. The van der Waals surface area contributed by atoms with Gasteiger partial charge in [-0.2, -0.15) is 0 Å². The van der Waals surface area contributed by atoms with Crippen LogP contribution in [-0.4, -0.2) is 5.91 Å². The van der Waals surface area contributed by atoms with Crippen molar-refractivity contribution in [1.82, 2.24) is 0 Å². The molecule has 2 aromatic carbocycles. The van der Waals surface area contributed by atoms with Gasteiger partial charge < -0.3 is 5.32 Å². The Kier molecular flexibility index (Phi) is 4.48. The van der Waals surface area contributed by atoms with E-state index in [9.17, 15) is 4.79 Å². The van der Waals surface area contributed by atoms with Crippen LogP contribution in [0.2, 0.25) is 0 Å². The molecule has 2 aromatic rings. The van der Waals surface area contributed by atoms with Crippen molar-refractivity contribution in [3.05, 3.63) is 57.0 Å². The summed E-state index contributed by atoms with van der Waals surface area (Å²) >= 11 is 11.0. The van der Waals surface area contributed by atoms with Crippen LogP contribution in [0.4, 0.5) is 5.69 Å². The molecule has 0 fully saturated rings. The fraction of sp³-hybridized carbons (Fsp3) is 0. The Morgan fingerprint density at radius 1 is 1.06 bits per heavy atom. The van der Waals surface area contributed by atoms with Gasteiger partial charge in [0, 0.05) is 19.4 Å². The zero-order chi connectivity index (χ0) is 13.1. The number of para-hydroxylation sites is 1. The molecule has 0 aliphatic carbocycles. The van der Waals surface area contributed by atoms with Gasteiger partial charge in [0.25, 0.3) is 5.91 Å². The number of hydrogen-bond acceptors (Lipinski definition) is 2. The molecule has 1 amide bonds. The van der Waals surface area contributed by atoms with E-state index in [2.05, 4.69) is 49.8 Å². The first-order valence-corrected chi connectivity index (χ1v) is 7.15. The fourth-order valence-corrected chi connectivity index (χ4v) is 2.87. The van der Waals surface area contributed by atoms with Crippen molar-refractivity contribution < 1.29 is 4.79 Å². The second kappa shape index (κ2) is 5.91. The van der Waals surface area contributed by atoms with Gasteiger partial charge >= 0.3 is 0 Å². The highest BCUT2D eigenvalue weighted by Gasteiger charge is 2.10. The van der Waals surface area contributed by atoms with Crippen molar-refractivity contribution in [2.45, 2.75) is 4.90 Å². The summed E-state index contributed by atoms with van der Waals surface area (Å²) < 4.78 is 1.65. The Morgan fingerprint density at radius 3 is 2.28 bits per heavy atom. The molecule has 0 radical (unpaired) electrons. The maximum Gasteiger partial charge on any atom is 0.255 e. The lowest BCUT2D eigenvalue weighted by Gasteiger charge is -2.09. The van der Waals surface area contributed by atoms with Crippen LogP contribution < -0.4 is 5.32 Å². The van der Waals surface area contributed by atoms with Gasteiger partial charge in [-0.25, -0.2) is 0 Å². The average molecular weight is 387 g/mol. The topological polar surface area (TPSA) is 29.1 Å². The lowest BCUT2D eigenvalue weighted by molar-refractivity contribution is 0.102. The number of rotatable bonds is 2. The molecule has 0 unspecified atom stereocenters. The van der Waals surface area contributed by atoms with E-state index < -0.39 is 0 Å². The van der Waals surface area contributed by atoms with Gasteiger partial charge in [-0.15, -0.1) is 12.6 Å². The normalized spacial score (nSPS) is 10.2. The van der Waals surface area contributed by atoms with Gasteiger partial charge in [-0.1, -0.05) is 12.1 Å². The number of benzene rings is 2. The maximum atomic E-state index is 12.1. The second-order valence-corrected chi connectivity index (χ2v) is 5.83. The van der Waals surface area contributed by atoms with Crippen LogP contribution >= 0.6 is 44.5 Å². The number of hydrogen-bond donors (Lipinski definition) is 2. The third-order valence-corrected chi connectivity index (χ3v) is 3.91. The van der Waals surface area contributed by atoms with Crippen LogP contribution in [0.3, 0.4) is 0 Å². The van der Waals surface area contributed by atoms with Crippen LogP contribution in [0, 0.1) is 0 Å². The molecule has 2 rings (SSSR count). The highest BCUT2D eigenvalue weighted by molar-refractivity contribution is 9.11. The SMILES string of the molecule is O=C(Nc1c(Br)cccc1Br)c1cccc(S)c1. The summed E-state index contributed by atoms with van der Waals surface area (Å²) in [5.74, 6) is -0.168. The molecule has 0 bridgehead atoms. The Morgan fingerprint density at radius 2 is 1.67 bits per heavy atom.